The lowest BCUT2D eigenvalue weighted by atomic mass is 10.0. The number of hydrogen-bond donors (Lipinski definition) is 3. The molecule has 1 atom stereocenters. The lowest BCUT2D eigenvalue weighted by Gasteiger charge is -2.21. The van der Waals surface area contributed by atoms with Crippen molar-refractivity contribution < 1.29 is 19.1 Å². The smallest absolute Gasteiger partial charge is 0.407 e. The molecule has 0 aromatic carbocycles. The zero-order valence-corrected chi connectivity index (χ0v) is 15.1. The van der Waals surface area contributed by atoms with Crippen molar-refractivity contribution in [2.24, 2.45) is 13.0 Å². The van der Waals surface area contributed by atoms with Crippen molar-refractivity contribution in [3.8, 4) is 0 Å². The number of ether oxygens (including phenoxy) is 1. The predicted molar refractivity (Wildman–Crippen MR) is 87.5 cm³/mol. The number of hydrazine groups is 1. The van der Waals surface area contributed by atoms with Gasteiger partial charge in [0.05, 0.1) is 6.61 Å². The lowest BCUT2D eigenvalue weighted by Crippen LogP contribution is -2.54. The molecule has 1 unspecified atom stereocenters. The SMILES string of the molecule is CCOC(=O)NC(C(=O)NNC(=O)c1cc(Br)cn1C)C(C)C. The number of carbonyl (C=O) groups is 3. The molecule has 0 aliphatic heterocycles. The molecule has 8 nitrogen and oxygen atoms in total. The van der Waals surface area contributed by atoms with Crippen LogP contribution in [0.1, 0.15) is 31.3 Å². The van der Waals surface area contributed by atoms with E-state index in [0.717, 1.165) is 4.47 Å². The van der Waals surface area contributed by atoms with E-state index in [2.05, 4.69) is 32.1 Å². The third kappa shape index (κ3) is 5.59. The second kappa shape index (κ2) is 8.56. The van der Waals surface area contributed by atoms with Gasteiger partial charge in [-0.05, 0) is 34.8 Å². The first-order chi connectivity index (χ1) is 10.8. The van der Waals surface area contributed by atoms with E-state index >= 15 is 0 Å². The first-order valence-corrected chi connectivity index (χ1v) is 7.90. The van der Waals surface area contributed by atoms with Gasteiger partial charge in [-0.15, -0.1) is 0 Å². The third-order valence-electron chi connectivity index (χ3n) is 3.00. The van der Waals surface area contributed by atoms with Crippen LogP contribution in [0.2, 0.25) is 0 Å². The number of halogens is 1. The highest BCUT2D eigenvalue weighted by molar-refractivity contribution is 9.10. The highest BCUT2D eigenvalue weighted by Crippen LogP contribution is 2.13. The lowest BCUT2D eigenvalue weighted by molar-refractivity contribution is -0.124. The maximum atomic E-state index is 12.1. The van der Waals surface area contributed by atoms with Crippen molar-refractivity contribution in [3.63, 3.8) is 0 Å². The molecule has 0 aliphatic carbocycles. The van der Waals surface area contributed by atoms with E-state index in [-0.39, 0.29) is 12.5 Å². The number of carbonyl (C=O) groups excluding carboxylic acids is 3. The molecular formula is C14H21BrN4O4. The molecule has 0 saturated heterocycles. The molecule has 9 heteroatoms. The summed E-state index contributed by atoms with van der Waals surface area (Å²) in [6.07, 6.45) is 1.04. The minimum Gasteiger partial charge on any atom is -0.450 e. The molecule has 1 aromatic heterocycles. The van der Waals surface area contributed by atoms with Gasteiger partial charge in [-0.3, -0.25) is 20.4 Å². The van der Waals surface area contributed by atoms with Gasteiger partial charge in [0.2, 0.25) is 0 Å². The average molecular weight is 389 g/mol. The number of hydrogen-bond acceptors (Lipinski definition) is 4. The monoisotopic (exact) mass is 388 g/mol. The largest absolute Gasteiger partial charge is 0.450 e. The van der Waals surface area contributed by atoms with Crippen molar-refractivity contribution in [2.45, 2.75) is 26.8 Å². The van der Waals surface area contributed by atoms with E-state index in [9.17, 15) is 14.4 Å². The van der Waals surface area contributed by atoms with Crippen LogP contribution in [-0.4, -0.2) is 35.1 Å². The van der Waals surface area contributed by atoms with E-state index in [1.54, 1.807) is 44.6 Å². The van der Waals surface area contributed by atoms with Crippen LogP contribution in [0.4, 0.5) is 4.79 Å². The van der Waals surface area contributed by atoms with Gasteiger partial charge in [-0.2, -0.15) is 0 Å². The van der Waals surface area contributed by atoms with Crippen LogP contribution < -0.4 is 16.2 Å². The van der Waals surface area contributed by atoms with Crippen LogP contribution in [0.5, 0.6) is 0 Å². The molecule has 1 aromatic rings. The maximum absolute atomic E-state index is 12.1. The first kappa shape index (κ1) is 19.0. The summed E-state index contributed by atoms with van der Waals surface area (Å²) in [6.45, 7) is 5.42. The molecule has 0 radical (unpaired) electrons. The molecule has 128 valence electrons. The van der Waals surface area contributed by atoms with Gasteiger partial charge >= 0.3 is 6.09 Å². The second-order valence-electron chi connectivity index (χ2n) is 5.18. The minimum absolute atomic E-state index is 0.180. The third-order valence-corrected chi connectivity index (χ3v) is 3.44. The van der Waals surface area contributed by atoms with Gasteiger partial charge in [0.25, 0.3) is 11.8 Å². The number of nitrogens with zero attached hydrogens (tertiary/aromatic N) is 1. The number of amides is 3. The summed E-state index contributed by atoms with van der Waals surface area (Å²) >= 11 is 3.27. The number of aryl methyl sites for hydroxylation is 1. The number of nitrogens with one attached hydrogen (secondary N) is 3. The Morgan fingerprint density at radius 3 is 2.43 bits per heavy atom. The van der Waals surface area contributed by atoms with Crippen molar-refractivity contribution in [3.05, 3.63) is 22.4 Å². The fourth-order valence-corrected chi connectivity index (χ4v) is 2.37. The van der Waals surface area contributed by atoms with Crippen molar-refractivity contribution in [1.82, 2.24) is 20.7 Å². The highest BCUT2D eigenvalue weighted by atomic mass is 79.9. The molecule has 3 N–H and O–H groups in total. The van der Waals surface area contributed by atoms with Crippen LogP contribution >= 0.6 is 15.9 Å². The van der Waals surface area contributed by atoms with Crippen LogP contribution in [-0.2, 0) is 16.6 Å². The van der Waals surface area contributed by atoms with Gasteiger partial charge < -0.3 is 14.6 Å². The fourth-order valence-electron chi connectivity index (χ4n) is 1.84. The Balaban J connectivity index is 2.63. The molecule has 0 saturated carbocycles. The maximum Gasteiger partial charge on any atom is 0.407 e. The quantitative estimate of drug-likeness (QED) is 0.661. The van der Waals surface area contributed by atoms with E-state index < -0.39 is 23.9 Å². The van der Waals surface area contributed by atoms with E-state index in [1.165, 1.54) is 0 Å². The predicted octanol–water partition coefficient (Wildman–Crippen LogP) is 1.32. The molecule has 23 heavy (non-hydrogen) atoms. The second-order valence-corrected chi connectivity index (χ2v) is 6.10. The standard InChI is InChI=1S/C14H21BrN4O4/c1-5-23-14(22)16-11(8(2)3)13(21)18-17-12(20)10-6-9(15)7-19(10)4/h6-8,11H,5H2,1-4H3,(H,16,22)(H,17,20)(H,18,21). The fraction of sp³-hybridized carbons (Fsp3) is 0.500. The van der Waals surface area contributed by atoms with Crippen molar-refractivity contribution >= 4 is 33.8 Å². The van der Waals surface area contributed by atoms with Crippen LogP contribution in [0, 0.1) is 5.92 Å². The highest BCUT2D eigenvalue weighted by Gasteiger charge is 2.25. The number of rotatable bonds is 5. The zero-order chi connectivity index (χ0) is 17.6. The minimum atomic E-state index is -0.825. The summed E-state index contributed by atoms with van der Waals surface area (Å²) in [6, 6.07) is 0.799. The van der Waals surface area contributed by atoms with Crippen LogP contribution in [0.25, 0.3) is 0 Å². The Kier molecular flexibility index (Phi) is 7.08. The van der Waals surface area contributed by atoms with Crippen molar-refractivity contribution in [2.75, 3.05) is 6.61 Å². The summed E-state index contributed by atoms with van der Waals surface area (Å²) in [5, 5.41) is 2.46. The average Bonchev–Trinajstić information content (AvgIpc) is 2.80. The Morgan fingerprint density at radius 2 is 1.96 bits per heavy atom. The Bertz CT molecular complexity index is 585. The number of aromatic nitrogens is 1. The van der Waals surface area contributed by atoms with Gasteiger partial charge in [0.1, 0.15) is 11.7 Å². The topological polar surface area (TPSA) is 101 Å². The van der Waals surface area contributed by atoms with Crippen LogP contribution in [0.15, 0.2) is 16.7 Å². The summed E-state index contributed by atoms with van der Waals surface area (Å²) in [4.78, 5) is 35.6. The number of alkyl carbamates (subject to hydrolysis) is 1. The molecule has 0 fully saturated rings. The summed E-state index contributed by atoms with van der Waals surface area (Å²) < 4.78 is 7.12. The molecule has 0 bridgehead atoms. The van der Waals surface area contributed by atoms with E-state index in [4.69, 9.17) is 4.74 Å². The van der Waals surface area contributed by atoms with E-state index in [0.29, 0.717) is 5.69 Å². The molecule has 0 spiro atoms. The molecule has 0 aliphatic rings. The normalized spacial score (nSPS) is 11.7. The van der Waals surface area contributed by atoms with Gasteiger partial charge in [-0.1, -0.05) is 13.8 Å². The summed E-state index contributed by atoms with van der Waals surface area (Å²) in [5.41, 5.74) is 5.00. The molecule has 3 amide bonds. The molecule has 1 heterocycles. The van der Waals surface area contributed by atoms with Crippen LogP contribution in [0.3, 0.4) is 0 Å². The Labute approximate surface area is 143 Å². The Morgan fingerprint density at radius 1 is 1.30 bits per heavy atom. The zero-order valence-electron chi connectivity index (χ0n) is 13.5. The first-order valence-electron chi connectivity index (χ1n) is 7.11. The molecular weight excluding hydrogens is 368 g/mol. The summed E-state index contributed by atoms with van der Waals surface area (Å²) in [5.74, 6) is -1.18. The van der Waals surface area contributed by atoms with Gasteiger partial charge in [-0.25, -0.2) is 4.79 Å². The van der Waals surface area contributed by atoms with Gasteiger partial charge in [0, 0.05) is 17.7 Å². The van der Waals surface area contributed by atoms with E-state index in [1.807, 2.05) is 0 Å². The molecule has 1 rings (SSSR count). The van der Waals surface area contributed by atoms with Gasteiger partial charge in [0.15, 0.2) is 0 Å². The Hall–Kier alpha value is -2.03. The van der Waals surface area contributed by atoms with Crippen molar-refractivity contribution in [1.29, 1.82) is 0 Å². The summed E-state index contributed by atoms with van der Waals surface area (Å²) in [7, 11) is 1.71.